The van der Waals surface area contributed by atoms with E-state index < -0.39 is 6.10 Å². The zero-order valence-electron chi connectivity index (χ0n) is 11.8. The highest BCUT2D eigenvalue weighted by atomic mass is 35.5. The highest BCUT2D eigenvalue weighted by molar-refractivity contribution is 7.80. The minimum Gasteiger partial charge on any atom is -0.481 e. The number of hydrogen-bond acceptors (Lipinski definition) is 3. The van der Waals surface area contributed by atoms with Crippen LogP contribution < -0.4 is 10.5 Å². The highest BCUT2D eigenvalue weighted by Crippen LogP contribution is 2.18. The predicted octanol–water partition coefficient (Wildman–Crippen LogP) is 2.49. The summed E-state index contributed by atoms with van der Waals surface area (Å²) in [5.74, 6) is 0.402. The fourth-order valence-electron chi connectivity index (χ4n) is 1.70. The van der Waals surface area contributed by atoms with Crippen molar-refractivity contribution < 1.29 is 9.53 Å². The molecule has 20 heavy (non-hydrogen) atoms. The fraction of sp³-hybridized carbons (Fsp3) is 0.429. The molecule has 6 heteroatoms. The van der Waals surface area contributed by atoms with E-state index in [1.54, 1.807) is 43.1 Å². The monoisotopic (exact) mass is 314 g/mol. The van der Waals surface area contributed by atoms with Gasteiger partial charge < -0.3 is 15.4 Å². The number of hydrogen-bond donors (Lipinski definition) is 1. The summed E-state index contributed by atoms with van der Waals surface area (Å²) >= 11 is 10.8. The van der Waals surface area contributed by atoms with E-state index in [1.165, 1.54) is 0 Å². The Morgan fingerprint density at radius 3 is 2.70 bits per heavy atom. The number of thiocarbonyl (C=S) groups is 1. The number of rotatable bonds is 6. The molecule has 0 heterocycles. The largest absolute Gasteiger partial charge is 0.481 e. The first kappa shape index (κ1) is 16.7. The standard InChI is InChI=1S/C14H19ClN2O2S/c1-9(13(16)20)8-17(3)14(18)10(2)19-12-6-4-5-11(15)7-12/h4-7,9-10H,8H2,1-3H3,(H2,16,20). The van der Waals surface area contributed by atoms with Crippen LogP contribution in [0.3, 0.4) is 0 Å². The van der Waals surface area contributed by atoms with Crippen molar-refractivity contribution in [1.82, 2.24) is 4.90 Å². The van der Waals surface area contributed by atoms with Crippen molar-refractivity contribution in [2.75, 3.05) is 13.6 Å². The molecule has 110 valence electrons. The van der Waals surface area contributed by atoms with Crippen LogP contribution in [0.1, 0.15) is 13.8 Å². The van der Waals surface area contributed by atoms with Crippen LogP contribution in [-0.4, -0.2) is 35.5 Å². The molecule has 0 saturated carbocycles. The van der Waals surface area contributed by atoms with E-state index in [4.69, 9.17) is 34.3 Å². The first-order chi connectivity index (χ1) is 9.31. The summed E-state index contributed by atoms with van der Waals surface area (Å²) in [6, 6.07) is 6.95. The minimum absolute atomic E-state index is 0.0303. The zero-order chi connectivity index (χ0) is 15.3. The lowest BCUT2D eigenvalue weighted by atomic mass is 10.1. The molecule has 0 spiro atoms. The maximum atomic E-state index is 12.2. The van der Waals surface area contributed by atoms with E-state index in [9.17, 15) is 4.79 Å². The van der Waals surface area contributed by atoms with Gasteiger partial charge >= 0.3 is 0 Å². The van der Waals surface area contributed by atoms with Crippen LogP contribution in [0.25, 0.3) is 0 Å². The van der Waals surface area contributed by atoms with Crippen LogP contribution in [0, 0.1) is 5.92 Å². The van der Waals surface area contributed by atoms with Crippen LogP contribution >= 0.6 is 23.8 Å². The van der Waals surface area contributed by atoms with Gasteiger partial charge in [-0.25, -0.2) is 0 Å². The van der Waals surface area contributed by atoms with E-state index >= 15 is 0 Å². The number of ether oxygens (including phenoxy) is 1. The lowest BCUT2D eigenvalue weighted by molar-refractivity contribution is -0.136. The van der Waals surface area contributed by atoms with Gasteiger partial charge in [0.25, 0.3) is 5.91 Å². The molecule has 0 bridgehead atoms. The van der Waals surface area contributed by atoms with Gasteiger partial charge in [0.05, 0.1) is 4.99 Å². The summed E-state index contributed by atoms with van der Waals surface area (Å²) in [5, 5.41) is 0.567. The Bertz CT molecular complexity index is 496. The van der Waals surface area contributed by atoms with Crippen molar-refractivity contribution in [3.05, 3.63) is 29.3 Å². The van der Waals surface area contributed by atoms with Crippen LogP contribution in [-0.2, 0) is 4.79 Å². The summed E-state index contributed by atoms with van der Waals surface area (Å²) in [4.78, 5) is 14.1. The van der Waals surface area contributed by atoms with Crippen molar-refractivity contribution in [2.45, 2.75) is 20.0 Å². The van der Waals surface area contributed by atoms with Gasteiger partial charge in [0.2, 0.25) is 0 Å². The van der Waals surface area contributed by atoms with Crippen molar-refractivity contribution in [1.29, 1.82) is 0 Å². The normalized spacial score (nSPS) is 13.4. The van der Waals surface area contributed by atoms with E-state index in [0.29, 0.717) is 22.3 Å². The van der Waals surface area contributed by atoms with Crippen molar-refractivity contribution in [3.8, 4) is 5.75 Å². The summed E-state index contributed by atoms with van der Waals surface area (Å²) in [6.45, 7) is 4.05. The Morgan fingerprint density at radius 1 is 1.50 bits per heavy atom. The Balaban J connectivity index is 2.60. The van der Waals surface area contributed by atoms with Crippen LogP contribution in [0.2, 0.25) is 5.02 Å². The third-order valence-electron chi connectivity index (χ3n) is 2.87. The van der Waals surface area contributed by atoms with Gasteiger partial charge in [0, 0.05) is 24.5 Å². The number of nitrogens with zero attached hydrogens (tertiary/aromatic N) is 1. The molecular formula is C14H19ClN2O2S. The molecule has 1 rings (SSSR count). The molecule has 0 aromatic heterocycles. The molecule has 0 aliphatic rings. The second-order valence-corrected chi connectivity index (χ2v) is 5.65. The predicted molar refractivity (Wildman–Crippen MR) is 85.1 cm³/mol. The molecule has 2 unspecified atom stereocenters. The average molecular weight is 315 g/mol. The number of likely N-dealkylation sites (N-methyl/N-ethyl adjacent to an activating group) is 1. The molecular weight excluding hydrogens is 296 g/mol. The van der Waals surface area contributed by atoms with Gasteiger partial charge in [-0.05, 0) is 25.1 Å². The lowest BCUT2D eigenvalue weighted by Gasteiger charge is -2.24. The third-order valence-corrected chi connectivity index (χ3v) is 3.50. The van der Waals surface area contributed by atoms with Crippen molar-refractivity contribution in [2.24, 2.45) is 11.7 Å². The van der Waals surface area contributed by atoms with E-state index in [0.717, 1.165) is 0 Å². The summed E-state index contributed by atoms with van der Waals surface area (Å²) in [5.41, 5.74) is 5.55. The van der Waals surface area contributed by atoms with Gasteiger partial charge in [0.1, 0.15) is 5.75 Å². The summed E-state index contributed by atoms with van der Waals surface area (Å²) in [7, 11) is 1.70. The maximum Gasteiger partial charge on any atom is 0.263 e. The van der Waals surface area contributed by atoms with Crippen LogP contribution in [0.15, 0.2) is 24.3 Å². The van der Waals surface area contributed by atoms with Crippen LogP contribution in [0.4, 0.5) is 0 Å². The number of carbonyl (C=O) groups is 1. The topological polar surface area (TPSA) is 55.6 Å². The highest BCUT2D eigenvalue weighted by Gasteiger charge is 2.21. The summed E-state index contributed by atoms with van der Waals surface area (Å²) in [6.07, 6.45) is -0.600. The third kappa shape index (κ3) is 4.98. The first-order valence-corrected chi connectivity index (χ1v) is 7.06. The Morgan fingerprint density at radius 2 is 2.15 bits per heavy atom. The van der Waals surface area contributed by atoms with Gasteiger partial charge in [0.15, 0.2) is 6.10 Å². The molecule has 0 fully saturated rings. The quantitative estimate of drug-likeness (QED) is 0.820. The number of carbonyl (C=O) groups excluding carboxylic acids is 1. The van der Waals surface area contributed by atoms with E-state index in [1.807, 2.05) is 6.92 Å². The molecule has 2 N–H and O–H groups in total. The van der Waals surface area contributed by atoms with E-state index in [2.05, 4.69) is 0 Å². The molecule has 1 amide bonds. The first-order valence-electron chi connectivity index (χ1n) is 6.27. The number of amides is 1. The minimum atomic E-state index is -0.600. The molecule has 0 saturated heterocycles. The zero-order valence-corrected chi connectivity index (χ0v) is 13.4. The average Bonchev–Trinajstić information content (AvgIpc) is 2.37. The fourth-order valence-corrected chi connectivity index (χ4v) is 1.95. The Labute approximate surface area is 129 Å². The van der Waals surface area contributed by atoms with Gasteiger partial charge in [-0.3, -0.25) is 4.79 Å². The number of nitrogens with two attached hydrogens (primary N) is 1. The molecule has 0 radical (unpaired) electrons. The van der Waals surface area contributed by atoms with Gasteiger partial charge in [-0.1, -0.05) is 36.8 Å². The number of halogens is 1. The SMILES string of the molecule is CC(CN(C)C(=O)C(C)Oc1cccc(Cl)c1)C(N)=S. The second kappa shape index (κ2) is 7.45. The van der Waals surface area contributed by atoms with Gasteiger partial charge in [-0.15, -0.1) is 0 Å². The molecule has 1 aromatic carbocycles. The molecule has 0 aliphatic heterocycles. The van der Waals surface area contributed by atoms with Crippen LogP contribution in [0.5, 0.6) is 5.75 Å². The Hall–Kier alpha value is -1.33. The Kier molecular flexibility index (Phi) is 6.23. The smallest absolute Gasteiger partial charge is 0.263 e. The maximum absolute atomic E-state index is 12.2. The lowest BCUT2D eigenvalue weighted by Crippen LogP contribution is -2.42. The summed E-state index contributed by atoms with van der Waals surface area (Å²) < 4.78 is 5.58. The van der Waals surface area contributed by atoms with E-state index in [-0.39, 0.29) is 11.8 Å². The second-order valence-electron chi connectivity index (χ2n) is 4.74. The molecule has 0 aliphatic carbocycles. The number of benzene rings is 1. The molecule has 4 nitrogen and oxygen atoms in total. The van der Waals surface area contributed by atoms with Crippen molar-refractivity contribution >= 4 is 34.7 Å². The van der Waals surface area contributed by atoms with Gasteiger partial charge in [-0.2, -0.15) is 0 Å². The molecule has 2 atom stereocenters. The van der Waals surface area contributed by atoms with Crippen molar-refractivity contribution in [3.63, 3.8) is 0 Å². The molecule has 1 aromatic rings.